The largest absolute Gasteiger partial charge is 0.481 e. The van der Waals surface area contributed by atoms with Crippen molar-refractivity contribution in [3.05, 3.63) is 63.5 Å². The molecule has 0 aliphatic heterocycles. The number of hydrogen-bond donors (Lipinski definition) is 1. The average molecular weight is 400 g/mol. The van der Waals surface area contributed by atoms with Crippen molar-refractivity contribution in [3.8, 4) is 17.1 Å². The van der Waals surface area contributed by atoms with Crippen LogP contribution in [-0.2, 0) is 6.61 Å². The summed E-state index contributed by atoms with van der Waals surface area (Å²) in [7, 11) is 0. The van der Waals surface area contributed by atoms with E-state index >= 15 is 0 Å². The van der Waals surface area contributed by atoms with E-state index in [1.807, 2.05) is 0 Å². The lowest BCUT2D eigenvalue weighted by atomic mass is 10.1. The van der Waals surface area contributed by atoms with Gasteiger partial charge < -0.3 is 15.0 Å². The van der Waals surface area contributed by atoms with E-state index in [1.165, 1.54) is 0 Å². The van der Waals surface area contributed by atoms with E-state index in [2.05, 4.69) is 10.1 Å². The van der Waals surface area contributed by atoms with Crippen molar-refractivity contribution in [2.45, 2.75) is 6.61 Å². The van der Waals surface area contributed by atoms with Crippen molar-refractivity contribution in [1.29, 1.82) is 0 Å². The molecule has 0 unspecified atom stereocenters. The van der Waals surface area contributed by atoms with Gasteiger partial charge in [-0.05, 0) is 24.3 Å². The van der Waals surface area contributed by atoms with Gasteiger partial charge in [0.1, 0.15) is 11.4 Å². The molecular formula is C16H9Cl2F2N3O3. The van der Waals surface area contributed by atoms with Crippen molar-refractivity contribution in [2.75, 3.05) is 0 Å². The van der Waals surface area contributed by atoms with Crippen LogP contribution in [-0.4, -0.2) is 16.0 Å². The number of carbonyl (C=O) groups excluding carboxylic acids is 1. The fourth-order valence-corrected chi connectivity index (χ4v) is 2.70. The second-order valence-electron chi connectivity index (χ2n) is 5.00. The monoisotopic (exact) mass is 399 g/mol. The normalized spacial score (nSPS) is 10.8. The highest BCUT2D eigenvalue weighted by Gasteiger charge is 2.20. The minimum absolute atomic E-state index is 0.0136. The number of hydrogen-bond acceptors (Lipinski definition) is 5. The molecule has 1 heterocycles. The average Bonchev–Trinajstić information content (AvgIpc) is 3.02. The number of halogens is 4. The lowest BCUT2D eigenvalue weighted by molar-refractivity contribution is 0.0991. The van der Waals surface area contributed by atoms with E-state index < -0.39 is 28.9 Å². The molecule has 0 atom stereocenters. The Kier molecular flexibility index (Phi) is 5.06. The highest BCUT2D eigenvalue weighted by molar-refractivity contribution is 6.38. The van der Waals surface area contributed by atoms with Crippen LogP contribution >= 0.6 is 23.2 Å². The molecule has 0 radical (unpaired) electrons. The molecule has 3 rings (SSSR count). The molecule has 1 aromatic heterocycles. The summed E-state index contributed by atoms with van der Waals surface area (Å²) in [4.78, 5) is 15.2. The highest BCUT2D eigenvalue weighted by atomic mass is 35.5. The van der Waals surface area contributed by atoms with E-state index in [4.69, 9.17) is 38.2 Å². The molecule has 0 aliphatic rings. The number of nitrogens with two attached hydrogens (primary N) is 1. The van der Waals surface area contributed by atoms with Crippen LogP contribution in [0.15, 0.2) is 34.9 Å². The lowest BCUT2D eigenvalue weighted by Gasteiger charge is -2.07. The minimum Gasteiger partial charge on any atom is -0.481 e. The molecule has 134 valence electrons. The number of primary amides is 1. The molecule has 2 aromatic carbocycles. The van der Waals surface area contributed by atoms with Gasteiger partial charge in [-0.1, -0.05) is 34.4 Å². The van der Waals surface area contributed by atoms with E-state index in [1.54, 1.807) is 18.2 Å². The number of nitrogens with zero attached hydrogens (tertiary/aromatic N) is 2. The quantitative estimate of drug-likeness (QED) is 0.699. The number of rotatable bonds is 5. The van der Waals surface area contributed by atoms with Crippen molar-refractivity contribution >= 4 is 29.1 Å². The van der Waals surface area contributed by atoms with Crippen LogP contribution in [0.1, 0.15) is 16.2 Å². The number of benzene rings is 2. The third-order valence-corrected chi connectivity index (χ3v) is 3.94. The van der Waals surface area contributed by atoms with Gasteiger partial charge in [-0.15, -0.1) is 0 Å². The summed E-state index contributed by atoms with van der Waals surface area (Å²) in [6.07, 6.45) is 0. The maximum absolute atomic E-state index is 14.1. The zero-order valence-corrected chi connectivity index (χ0v) is 14.3. The summed E-state index contributed by atoms with van der Waals surface area (Å²) < 4.78 is 37.7. The lowest BCUT2D eigenvalue weighted by Crippen LogP contribution is -2.16. The van der Waals surface area contributed by atoms with Gasteiger partial charge in [0, 0.05) is 0 Å². The molecule has 0 saturated heterocycles. The fraction of sp³-hybridized carbons (Fsp3) is 0.0625. The van der Waals surface area contributed by atoms with E-state index in [0.717, 1.165) is 12.1 Å². The topological polar surface area (TPSA) is 91.2 Å². The first-order valence-corrected chi connectivity index (χ1v) is 7.81. The van der Waals surface area contributed by atoms with Gasteiger partial charge in [0.2, 0.25) is 5.82 Å². The van der Waals surface area contributed by atoms with Crippen LogP contribution in [0.5, 0.6) is 5.75 Å². The SMILES string of the molecule is NC(=O)c1c(F)ccc(OCc2nc(-c3c(Cl)cccc3Cl)no2)c1F. The van der Waals surface area contributed by atoms with E-state index in [-0.39, 0.29) is 18.3 Å². The molecule has 0 bridgehead atoms. The van der Waals surface area contributed by atoms with Gasteiger partial charge in [-0.2, -0.15) is 4.98 Å². The highest BCUT2D eigenvalue weighted by Crippen LogP contribution is 2.32. The van der Waals surface area contributed by atoms with Gasteiger partial charge >= 0.3 is 0 Å². The molecule has 3 aromatic rings. The molecule has 0 spiro atoms. The Bertz CT molecular complexity index is 975. The molecule has 1 amide bonds. The van der Waals surface area contributed by atoms with Gasteiger partial charge in [-0.3, -0.25) is 4.79 Å². The Morgan fingerprint density at radius 3 is 2.54 bits per heavy atom. The van der Waals surface area contributed by atoms with Crippen LogP contribution < -0.4 is 10.5 Å². The smallest absolute Gasteiger partial charge is 0.264 e. The van der Waals surface area contributed by atoms with Gasteiger partial charge in [-0.25, -0.2) is 8.78 Å². The van der Waals surface area contributed by atoms with Crippen molar-refractivity contribution < 1.29 is 22.8 Å². The standard InChI is InChI=1S/C16H9Cl2F2N3O3/c17-7-2-1-3-8(18)12(7)16-22-11(26-23-16)6-25-10-5-4-9(19)13(14(10)20)15(21)24/h1-5H,6H2,(H2,21,24). The minimum atomic E-state index is -1.25. The summed E-state index contributed by atoms with van der Waals surface area (Å²) in [5.74, 6) is -3.84. The van der Waals surface area contributed by atoms with Crippen LogP contribution in [0.2, 0.25) is 10.0 Å². The molecule has 6 nitrogen and oxygen atoms in total. The van der Waals surface area contributed by atoms with Crippen molar-refractivity contribution in [3.63, 3.8) is 0 Å². The summed E-state index contributed by atoms with van der Waals surface area (Å²) >= 11 is 12.1. The Morgan fingerprint density at radius 2 is 1.88 bits per heavy atom. The van der Waals surface area contributed by atoms with Crippen molar-refractivity contribution in [1.82, 2.24) is 10.1 Å². The van der Waals surface area contributed by atoms with Crippen LogP contribution in [0, 0.1) is 11.6 Å². The first kappa shape index (κ1) is 18.1. The Balaban J connectivity index is 1.81. The number of carbonyl (C=O) groups is 1. The maximum Gasteiger partial charge on any atom is 0.264 e. The van der Waals surface area contributed by atoms with Gasteiger partial charge in [0.05, 0.1) is 15.6 Å². The number of ether oxygens (including phenoxy) is 1. The number of aromatic nitrogens is 2. The zero-order valence-electron chi connectivity index (χ0n) is 12.8. The summed E-state index contributed by atoms with van der Waals surface area (Å²) in [6.45, 7) is -0.337. The molecule has 2 N–H and O–H groups in total. The second-order valence-corrected chi connectivity index (χ2v) is 5.81. The third-order valence-electron chi connectivity index (χ3n) is 3.31. The van der Waals surface area contributed by atoms with Crippen molar-refractivity contribution in [2.24, 2.45) is 5.73 Å². The second kappa shape index (κ2) is 7.27. The third kappa shape index (κ3) is 3.47. The summed E-state index contributed by atoms with van der Waals surface area (Å²) in [5, 5.41) is 4.38. The van der Waals surface area contributed by atoms with Gasteiger partial charge in [0.25, 0.3) is 11.8 Å². The predicted octanol–water partition coefficient (Wildman–Crippen LogP) is 4.00. The van der Waals surface area contributed by atoms with E-state index in [9.17, 15) is 13.6 Å². The first-order chi connectivity index (χ1) is 12.4. The first-order valence-electron chi connectivity index (χ1n) is 7.06. The van der Waals surface area contributed by atoms with Gasteiger partial charge in [0.15, 0.2) is 18.2 Å². The molecule has 0 fully saturated rings. The number of amides is 1. The summed E-state index contributed by atoms with van der Waals surface area (Å²) in [6, 6.07) is 6.75. The fourth-order valence-electron chi connectivity index (χ4n) is 2.14. The Labute approximate surface area is 155 Å². The molecule has 0 aliphatic carbocycles. The predicted molar refractivity (Wildman–Crippen MR) is 89.0 cm³/mol. The van der Waals surface area contributed by atoms with Crippen LogP contribution in [0.25, 0.3) is 11.4 Å². The molecule has 0 saturated carbocycles. The molecular weight excluding hydrogens is 391 g/mol. The molecule has 26 heavy (non-hydrogen) atoms. The Hall–Kier alpha value is -2.71. The summed E-state index contributed by atoms with van der Waals surface area (Å²) in [5.41, 5.74) is 4.43. The van der Waals surface area contributed by atoms with Crippen LogP contribution in [0.4, 0.5) is 8.78 Å². The Morgan fingerprint density at radius 1 is 1.19 bits per heavy atom. The van der Waals surface area contributed by atoms with E-state index in [0.29, 0.717) is 15.6 Å². The maximum atomic E-state index is 14.1. The molecule has 10 heteroatoms. The van der Waals surface area contributed by atoms with Crippen LogP contribution in [0.3, 0.4) is 0 Å². The zero-order chi connectivity index (χ0) is 18.8.